The SMILES string of the molecule is [2H]c1cc(C(C2(O)CCCCC2)C([2H])([2H])N(C)C([2H])([2H])[2H])cc([2H])c1O. The molecule has 106 valence electrons. The average molecular weight is 270 g/mol. The lowest BCUT2D eigenvalue weighted by atomic mass is 9.72. The Morgan fingerprint density at radius 3 is 2.63 bits per heavy atom. The summed E-state index contributed by atoms with van der Waals surface area (Å²) in [6.07, 6.45) is 2.86. The maximum Gasteiger partial charge on any atom is 0.115 e. The zero-order chi connectivity index (χ0) is 19.9. The van der Waals surface area contributed by atoms with Crippen molar-refractivity contribution >= 4 is 0 Å². The summed E-state index contributed by atoms with van der Waals surface area (Å²) in [4.78, 5) is 0.608. The molecule has 1 saturated carbocycles. The van der Waals surface area contributed by atoms with Crippen LogP contribution in [0.15, 0.2) is 24.2 Å². The first-order valence-corrected chi connectivity index (χ1v) is 6.57. The van der Waals surface area contributed by atoms with E-state index in [2.05, 4.69) is 0 Å². The Kier molecular flexibility index (Phi) is 2.39. The standard InChI is InChI=1S/C16H25NO2/c1-17(2)12-15(13-6-8-14(18)9-7-13)16(19)10-4-3-5-11-16/h6-9,15,18-19H,3-5,10-12H2,1-2H3/i1D3,8D,9D,12D2. The van der Waals surface area contributed by atoms with Crippen molar-refractivity contribution in [3.8, 4) is 5.75 Å². The zero-order valence-electron chi connectivity index (χ0n) is 18.1. The fourth-order valence-electron chi connectivity index (χ4n) is 2.70. The average Bonchev–Trinajstić information content (AvgIpc) is 2.51. The van der Waals surface area contributed by atoms with E-state index in [9.17, 15) is 10.2 Å². The van der Waals surface area contributed by atoms with Gasteiger partial charge in [-0.15, -0.1) is 0 Å². The quantitative estimate of drug-likeness (QED) is 0.884. The summed E-state index contributed by atoms with van der Waals surface area (Å²) >= 11 is 0. The smallest absolute Gasteiger partial charge is 0.115 e. The van der Waals surface area contributed by atoms with Crippen molar-refractivity contribution in [2.45, 2.75) is 43.6 Å². The number of phenols is 1. The molecule has 1 fully saturated rings. The number of aliphatic hydroxyl groups is 1. The van der Waals surface area contributed by atoms with Crippen molar-refractivity contribution in [2.24, 2.45) is 0 Å². The number of rotatable bonds is 4. The molecule has 2 rings (SSSR count). The first-order chi connectivity index (χ1) is 11.8. The highest BCUT2D eigenvalue weighted by atomic mass is 16.3. The second-order valence-electron chi connectivity index (χ2n) is 5.21. The Morgan fingerprint density at radius 2 is 2.05 bits per heavy atom. The Hall–Kier alpha value is -1.06. The molecule has 0 bridgehead atoms. The predicted molar refractivity (Wildman–Crippen MR) is 77.4 cm³/mol. The summed E-state index contributed by atoms with van der Waals surface area (Å²) in [6.45, 7) is -5.19. The molecule has 1 atom stereocenters. The summed E-state index contributed by atoms with van der Waals surface area (Å²) in [7, 11) is 1.13. The minimum Gasteiger partial charge on any atom is -0.508 e. The second kappa shape index (κ2) is 5.93. The number of nitrogens with zero attached hydrogens (tertiary/aromatic N) is 1. The third-order valence-corrected chi connectivity index (χ3v) is 3.66. The second-order valence-corrected chi connectivity index (χ2v) is 5.21. The van der Waals surface area contributed by atoms with Crippen LogP contribution in [0.2, 0.25) is 0 Å². The molecule has 19 heavy (non-hydrogen) atoms. The number of hydrogen-bond donors (Lipinski definition) is 2. The normalized spacial score (nSPS) is 27.2. The molecule has 3 nitrogen and oxygen atoms in total. The van der Waals surface area contributed by atoms with Crippen LogP contribution in [0.4, 0.5) is 0 Å². The topological polar surface area (TPSA) is 43.7 Å². The van der Waals surface area contributed by atoms with E-state index in [-0.39, 0.29) is 17.6 Å². The van der Waals surface area contributed by atoms with Gasteiger partial charge in [0.1, 0.15) is 5.75 Å². The van der Waals surface area contributed by atoms with Gasteiger partial charge >= 0.3 is 0 Å². The van der Waals surface area contributed by atoms with Crippen LogP contribution in [0.3, 0.4) is 0 Å². The van der Waals surface area contributed by atoms with Gasteiger partial charge in [-0.3, -0.25) is 0 Å². The van der Waals surface area contributed by atoms with Gasteiger partial charge in [0.15, 0.2) is 0 Å². The van der Waals surface area contributed by atoms with E-state index in [0.29, 0.717) is 30.6 Å². The van der Waals surface area contributed by atoms with Crippen molar-refractivity contribution in [3.63, 3.8) is 0 Å². The van der Waals surface area contributed by atoms with Crippen molar-refractivity contribution in [3.05, 3.63) is 29.8 Å². The Labute approximate surface area is 125 Å². The lowest BCUT2D eigenvalue weighted by molar-refractivity contribution is -0.0277. The third kappa shape index (κ3) is 3.48. The van der Waals surface area contributed by atoms with E-state index in [1.54, 1.807) is 0 Å². The van der Waals surface area contributed by atoms with Crippen LogP contribution in [0, 0.1) is 0 Å². The Bertz CT molecular complexity index is 633. The van der Waals surface area contributed by atoms with Crippen LogP contribution in [-0.4, -0.2) is 41.2 Å². The first-order valence-electron chi connectivity index (χ1n) is 10.1. The molecule has 1 aliphatic carbocycles. The van der Waals surface area contributed by atoms with E-state index >= 15 is 0 Å². The summed E-state index contributed by atoms with van der Waals surface area (Å²) in [5, 5.41) is 20.9. The maximum absolute atomic E-state index is 11.3. The van der Waals surface area contributed by atoms with Gasteiger partial charge in [-0.05, 0) is 44.5 Å². The van der Waals surface area contributed by atoms with E-state index in [0.717, 1.165) is 13.5 Å². The molecule has 0 radical (unpaired) electrons. The Morgan fingerprint density at radius 1 is 1.42 bits per heavy atom. The van der Waals surface area contributed by atoms with Gasteiger partial charge in [0.05, 0.1) is 8.34 Å². The van der Waals surface area contributed by atoms with Crippen LogP contribution in [-0.2, 0) is 0 Å². The van der Waals surface area contributed by atoms with Gasteiger partial charge in [-0.1, -0.05) is 31.4 Å². The number of likely N-dealkylation sites (N-methyl/N-ethyl adjacent to an activating group) is 1. The van der Waals surface area contributed by atoms with E-state index < -0.39 is 30.7 Å². The van der Waals surface area contributed by atoms with Crippen LogP contribution < -0.4 is 0 Å². The van der Waals surface area contributed by atoms with E-state index in [1.165, 1.54) is 12.1 Å². The van der Waals surface area contributed by atoms with Gasteiger partial charge in [0.2, 0.25) is 0 Å². The van der Waals surface area contributed by atoms with Crippen LogP contribution in [0.5, 0.6) is 5.75 Å². The fourth-order valence-corrected chi connectivity index (χ4v) is 2.70. The highest BCUT2D eigenvalue weighted by Gasteiger charge is 2.38. The molecule has 0 aliphatic heterocycles. The molecular weight excluding hydrogens is 238 g/mol. The fraction of sp³-hybridized carbons (Fsp3) is 0.625. The minimum absolute atomic E-state index is 0.142. The third-order valence-electron chi connectivity index (χ3n) is 3.66. The number of phenolic OH excluding ortho intramolecular Hbond substituents is 1. The van der Waals surface area contributed by atoms with E-state index in [1.807, 2.05) is 0 Å². The number of benzene rings is 1. The highest BCUT2D eigenvalue weighted by Crippen LogP contribution is 2.40. The zero-order valence-corrected chi connectivity index (χ0v) is 11.1. The molecule has 0 spiro atoms. The van der Waals surface area contributed by atoms with E-state index in [4.69, 9.17) is 9.60 Å². The first kappa shape index (κ1) is 7.65. The molecular formula is C16H25NO2. The lowest BCUT2D eigenvalue weighted by Crippen LogP contribution is -2.42. The van der Waals surface area contributed by atoms with Crippen LogP contribution in [0.1, 0.15) is 53.2 Å². The largest absolute Gasteiger partial charge is 0.508 e. The molecule has 1 aromatic carbocycles. The summed E-state index contributed by atoms with van der Waals surface area (Å²) in [5.74, 6) is -1.82. The molecule has 0 heterocycles. The van der Waals surface area contributed by atoms with Gasteiger partial charge < -0.3 is 15.1 Å². The number of aromatic hydroxyl groups is 1. The Balaban J connectivity index is 2.63. The van der Waals surface area contributed by atoms with Crippen molar-refractivity contribution < 1.29 is 19.8 Å². The number of hydrogen-bond acceptors (Lipinski definition) is 3. The van der Waals surface area contributed by atoms with Crippen LogP contribution in [0.25, 0.3) is 0 Å². The van der Waals surface area contributed by atoms with Gasteiger partial charge in [0, 0.05) is 19.3 Å². The molecule has 1 unspecified atom stereocenters. The van der Waals surface area contributed by atoms with Gasteiger partial charge in [0.25, 0.3) is 0 Å². The van der Waals surface area contributed by atoms with Gasteiger partial charge in [-0.2, -0.15) is 0 Å². The van der Waals surface area contributed by atoms with Crippen LogP contribution >= 0.6 is 0 Å². The minimum atomic E-state index is -2.72. The highest BCUT2D eigenvalue weighted by molar-refractivity contribution is 5.30. The molecule has 1 aliphatic rings. The maximum atomic E-state index is 11.3. The molecule has 2 N–H and O–H groups in total. The van der Waals surface area contributed by atoms with Crippen molar-refractivity contribution in [2.75, 3.05) is 20.5 Å². The summed E-state index contributed by atoms with van der Waals surface area (Å²) in [6, 6.07) is 1.69. The molecule has 0 amide bonds. The monoisotopic (exact) mass is 270 g/mol. The van der Waals surface area contributed by atoms with Crippen molar-refractivity contribution in [1.29, 1.82) is 0 Å². The van der Waals surface area contributed by atoms with Crippen molar-refractivity contribution in [1.82, 2.24) is 4.90 Å². The summed E-state index contributed by atoms with van der Waals surface area (Å²) in [5.41, 5.74) is -1.36. The molecule has 0 saturated heterocycles. The molecule has 1 aromatic rings. The lowest BCUT2D eigenvalue weighted by Gasteiger charge is -2.40. The molecule has 0 aromatic heterocycles. The molecule has 3 heteroatoms. The summed E-state index contributed by atoms with van der Waals surface area (Å²) < 4.78 is 55.4. The predicted octanol–water partition coefficient (Wildman–Crippen LogP) is 2.73. The van der Waals surface area contributed by atoms with Gasteiger partial charge in [-0.25, -0.2) is 0 Å².